The number of carbonyl (C=O) groups is 4. The molecule has 27 heavy (non-hydrogen) atoms. The fourth-order valence-corrected chi connectivity index (χ4v) is 1.65. The number of terminal acetylenes is 2. The third-order valence-electron chi connectivity index (χ3n) is 3.01. The van der Waals surface area contributed by atoms with Gasteiger partial charge in [0.05, 0.1) is 13.2 Å². The van der Waals surface area contributed by atoms with Crippen molar-refractivity contribution in [3.63, 3.8) is 0 Å². The lowest BCUT2D eigenvalue weighted by Crippen LogP contribution is -2.17. The van der Waals surface area contributed by atoms with Crippen molar-refractivity contribution in [1.82, 2.24) is 0 Å². The molecule has 2 N–H and O–H groups in total. The number of esters is 2. The van der Waals surface area contributed by atoms with Crippen LogP contribution in [0.15, 0.2) is 0 Å². The fourth-order valence-electron chi connectivity index (χ4n) is 1.65. The van der Waals surface area contributed by atoms with Crippen LogP contribution in [-0.4, -0.2) is 47.3 Å². The Balaban J connectivity index is 0. The standard InChI is InChI=1S/C10H10O4.C9H16O4/c1-4-9(11)13-6-8(3)7-14-10(12)5-2;10-8(11)6-4-2-1-3-5-7-9(12)13/h1-2,8H,6-7H2,3H3;1-7H2,(H,10,11)(H,12,13). The topological polar surface area (TPSA) is 127 Å². The first-order valence-electron chi connectivity index (χ1n) is 8.43. The Morgan fingerprint density at radius 1 is 0.778 bits per heavy atom. The highest BCUT2D eigenvalue weighted by molar-refractivity contribution is 5.88. The largest absolute Gasteiger partial charge is 0.481 e. The molecular weight excluding hydrogens is 356 g/mol. The Morgan fingerprint density at radius 3 is 1.41 bits per heavy atom. The molecule has 0 aromatic carbocycles. The van der Waals surface area contributed by atoms with Crippen LogP contribution in [0.2, 0.25) is 0 Å². The molecule has 0 radical (unpaired) electrons. The molecule has 8 nitrogen and oxygen atoms in total. The molecule has 0 aliphatic heterocycles. The van der Waals surface area contributed by atoms with Gasteiger partial charge in [-0.05, 0) is 12.8 Å². The predicted molar refractivity (Wildman–Crippen MR) is 96.3 cm³/mol. The molecule has 0 saturated heterocycles. The van der Waals surface area contributed by atoms with Crippen LogP contribution in [0.3, 0.4) is 0 Å². The van der Waals surface area contributed by atoms with Crippen molar-refractivity contribution in [3.8, 4) is 24.7 Å². The molecule has 150 valence electrons. The van der Waals surface area contributed by atoms with Crippen LogP contribution in [0.25, 0.3) is 0 Å². The van der Waals surface area contributed by atoms with Crippen molar-refractivity contribution in [2.45, 2.75) is 51.9 Å². The van der Waals surface area contributed by atoms with Crippen molar-refractivity contribution < 1.29 is 38.9 Å². The van der Waals surface area contributed by atoms with Crippen LogP contribution in [0, 0.1) is 30.6 Å². The Kier molecular flexibility index (Phi) is 17.3. The molecule has 0 bridgehead atoms. The van der Waals surface area contributed by atoms with Gasteiger partial charge in [-0.15, -0.1) is 12.8 Å². The Morgan fingerprint density at radius 2 is 1.11 bits per heavy atom. The van der Waals surface area contributed by atoms with E-state index in [1.807, 2.05) is 0 Å². The number of carbonyl (C=O) groups excluding carboxylic acids is 2. The second-order valence-electron chi connectivity index (χ2n) is 5.65. The molecule has 0 saturated carbocycles. The van der Waals surface area contributed by atoms with Crippen molar-refractivity contribution in [3.05, 3.63) is 0 Å². The van der Waals surface area contributed by atoms with E-state index in [2.05, 4.69) is 9.47 Å². The second kappa shape index (κ2) is 17.8. The highest BCUT2D eigenvalue weighted by Crippen LogP contribution is 2.06. The lowest BCUT2D eigenvalue weighted by atomic mass is 10.1. The van der Waals surface area contributed by atoms with Crippen LogP contribution >= 0.6 is 0 Å². The molecule has 8 heteroatoms. The fraction of sp³-hybridized carbons (Fsp3) is 0.579. The second-order valence-corrected chi connectivity index (χ2v) is 5.65. The molecule has 0 heterocycles. The molecule has 0 aromatic rings. The van der Waals surface area contributed by atoms with Crippen LogP contribution < -0.4 is 0 Å². The van der Waals surface area contributed by atoms with Gasteiger partial charge in [0, 0.05) is 30.6 Å². The van der Waals surface area contributed by atoms with E-state index in [4.69, 9.17) is 23.1 Å². The summed E-state index contributed by atoms with van der Waals surface area (Å²) >= 11 is 0. The molecule has 0 spiro atoms. The first-order valence-corrected chi connectivity index (χ1v) is 8.43. The van der Waals surface area contributed by atoms with E-state index in [9.17, 15) is 19.2 Å². The maximum absolute atomic E-state index is 10.5. The number of carboxylic acids is 2. The van der Waals surface area contributed by atoms with E-state index in [0.29, 0.717) is 12.8 Å². The minimum atomic E-state index is -0.759. The summed E-state index contributed by atoms with van der Waals surface area (Å²) in [6, 6.07) is 0. The summed E-state index contributed by atoms with van der Waals surface area (Å²) in [5.41, 5.74) is 0. The number of hydrogen-bond acceptors (Lipinski definition) is 6. The zero-order valence-electron chi connectivity index (χ0n) is 15.4. The summed E-state index contributed by atoms with van der Waals surface area (Å²) in [6.07, 6.45) is 14.1. The van der Waals surface area contributed by atoms with Gasteiger partial charge < -0.3 is 19.7 Å². The van der Waals surface area contributed by atoms with Gasteiger partial charge in [-0.2, -0.15) is 0 Å². The molecule has 0 amide bonds. The van der Waals surface area contributed by atoms with Gasteiger partial charge in [-0.1, -0.05) is 26.2 Å². The zero-order valence-corrected chi connectivity index (χ0v) is 15.4. The number of hydrogen-bond donors (Lipinski definition) is 2. The molecule has 0 atom stereocenters. The lowest BCUT2D eigenvalue weighted by Gasteiger charge is -2.09. The molecule has 0 fully saturated rings. The smallest absolute Gasteiger partial charge is 0.384 e. The summed E-state index contributed by atoms with van der Waals surface area (Å²) in [7, 11) is 0. The van der Waals surface area contributed by atoms with Gasteiger partial charge in [-0.25, -0.2) is 9.59 Å². The molecule has 0 aliphatic rings. The maximum Gasteiger partial charge on any atom is 0.384 e. The first kappa shape index (κ1) is 26.2. The van der Waals surface area contributed by atoms with E-state index >= 15 is 0 Å². The quantitative estimate of drug-likeness (QED) is 0.227. The lowest BCUT2D eigenvalue weighted by molar-refractivity contribution is -0.142. The minimum absolute atomic E-state index is 0.0981. The van der Waals surface area contributed by atoms with E-state index in [-0.39, 0.29) is 32.0 Å². The van der Waals surface area contributed by atoms with Crippen LogP contribution in [0.5, 0.6) is 0 Å². The number of rotatable bonds is 12. The van der Waals surface area contributed by atoms with E-state index in [0.717, 1.165) is 19.3 Å². The van der Waals surface area contributed by atoms with Gasteiger partial charge in [-0.3, -0.25) is 9.59 Å². The molecule has 0 aromatic heterocycles. The maximum atomic E-state index is 10.5. The summed E-state index contributed by atoms with van der Waals surface area (Å²) < 4.78 is 9.20. The number of aliphatic carboxylic acids is 2. The first-order chi connectivity index (χ1) is 12.7. The molecule has 0 rings (SSSR count). The van der Waals surface area contributed by atoms with Crippen LogP contribution in [-0.2, 0) is 28.7 Å². The Hall–Kier alpha value is -3.00. The minimum Gasteiger partial charge on any atom is -0.481 e. The van der Waals surface area contributed by atoms with Crippen molar-refractivity contribution in [1.29, 1.82) is 0 Å². The molecule has 0 aliphatic carbocycles. The Labute approximate surface area is 159 Å². The number of ether oxygens (including phenoxy) is 2. The van der Waals surface area contributed by atoms with Crippen LogP contribution in [0.1, 0.15) is 51.9 Å². The average molecular weight is 382 g/mol. The van der Waals surface area contributed by atoms with E-state index < -0.39 is 23.9 Å². The summed E-state index contributed by atoms with van der Waals surface area (Å²) in [6.45, 7) is 1.93. The highest BCUT2D eigenvalue weighted by atomic mass is 16.5. The summed E-state index contributed by atoms with van der Waals surface area (Å²) in [4.78, 5) is 41.2. The van der Waals surface area contributed by atoms with Crippen molar-refractivity contribution in [2.75, 3.05) is 13.2 Å². The van der Waals surface area contributed by atoms with Gasteiger partial charge in [0.1, 0.15) is 0 Å². The normalized spacial score (nSPS) is 9.19. The van der Waals surface area contributed by atoms with Crippen molar-refractivity contribution >= 4 is 23.9 Å². The monoisotopic (exact) mass is 382 g/mol. The van der Waals surface area contributed by atoms with Gasteiger partial charge in [0.2, 0.25) is 0 Å². The molecular formula is C19H26O8. The number of carboxylic acid groups (broad SMARTS) is 2. The van der Waals surface area contributed by atoms with E-state index in [1.54, 1.807) is 18.8 Å². The highest BCUT2D eigenvalue weighted by Gasteiger charge is 2.07. The number of unbranched alkanes of at least 4 members (excludes halogenated alkanes) is 4. The van der Waals surface area contributed by atoms with Gasteiger partial charge in [0.25, 0.3) is 0 Å². The van der Waals surface area contributed by atoms with E-state index in [1.165, 1.54) is 0 Å². The third-order valence-corrected chi connectivity index (χ3v) is 3.01. The Bertz CT molecular complexity index is 505. The SMILES string of the molecule is C#CC(=O)OCC(C)COC(=O)C#C.O=C(O)CCCCCCCC(=O)O. The average Bonchev–Trinajstić information content (AvgIpc) is 2.63. The summed E-state index contributed by atoms with van der Waals surface area (Å²) in [5, 5.41) is 16.6. The van der Waals surface area contributed by atoms with Gasteiger partial charge in [0.15, 0.2) is 0 Å². The van der Waals surface area contributed by atoms with Gasteiger partial charge >= 0.3 is 23.9 Å². The molecule has 0 unspecified atom stereocenters. The third kappa shape index (κ3) is 23.0. The van der Waals surface area contributed by atoms with Crippen LogP contribution in [0.4, 0.5) is 0 Å². The zero-order chi connectivity index (χ0) is 21.1. The predicted octanol–water partition coefficient (Wildman–Crippen LogP) is 1.86. The van der Waals surface area contributed by atoms with Crippen molar-refractivity contribution in [2.24, 2.45) is 5.92 Å². The summed E-state index contributed by atoms with van der Waals surface area (Å²) in [5.74, 6) is 0.466.